The number of halogens is 1. The monoisotopic (exact) mass is 323 g/mol. The molecule has 3 N–H and O–H groups in total. The summed E-state index contributed by atoms with van der Waals surface area (Å²) in [4.78, 5) is 11.4. The normalized spacial score (nSPS) is 11.2. The summed E-state index contributed by atoms with van der Waals surface area (Å²) >= 11 is 0. The van der Waals surface area contributed by atoms with Crippen LogP contribution in [0.25, 0.3) is 0 Å². The Labute approximate surface area is 135 Å². The summed E-state index contributed by atoms with van der Waals surface area (Å²) < 4.78 is 10.1. The molecule has 0 aliphatic rings. The van der Waals surface area contributed by atoms with Crippen LogP contribution in [0.3, 0.4) is 0 Å². The molecule has 0 aromatic heterocycles. The number of hydrogen-bond donors (Lipinski definition) is 2. The second kappa shape index (κ2) is 8.26. The van der Waals surface area contributed by atoms with E-state index < -0.39 is 12.0 Å². The maximum atomic E-state index is 11.4. The van der Waals surface area contributed by atoms with Crippen LogP contribution in [0.5, 0.6) is 11.5 Å². The lowest BCUT2D eigenvalue weighted by atomic mass is 10.1. The van der Waals surface area contributed by atoms with E-state index >= 15 is 0 Å². The van der Waals surface area contributed by atoms with Crippen LogP contribution in [0.1, 0.15) is 17.2 Å². The molecular weight excluding hydrogens is 306 g/mol. The van der Waals surface area contributed by atoms with Gasteiger partial charge in [-0.15, -0.1) is 12.4 Å². The predicted molar refractivity (Wildman–Crippen MR) is 85.1 cm³/mol. The standard InChI is InChI=1S/C16H17NO4.ClH/c1-20-16(19)15(17)13-8-7-12(9-14(13)18)21-10-11-5-3-2-4-6-11;/h2-9,15,18H,10,17H2,1H3;1H/t15-;/m1./s1. The van der Waals surface area contributed by atoms with Crippen molar-refractivity contribution in [1.82, 2.24) is 0 Å². The Morgan fingerprint density at radius 2 is 1.91 bits per heavy atom. The Hall–Kier alpha value is -2.24. The first-order chi connectivity index (χ1) is 10.1. The number of hydrogen-bond acceptors (Lipinski definition) is 5. The van der Waals surface area contributed by atoms with Crippen molar-refractivity contribution in [2.75, 3.05) is 7.11 Å². The average molecular weight is 324 g/mol. The smallest absolute Gasteiger partial charge is 0.327 e. The number of ether oxygens (including phenoxy) is 2. The fraction of sp³-hybridized carbons (Fsp3) is 0.188. The average Bonchev–Trinajstić information content (AvgIpc) is 2.52. The van der Waals surface area contributed by atoms with Gasteiger partial charge in [0.25, 0.3) is 0 Å². The van der Waals surface area contributed by atoms with Gasteiger partial charge >= 0.3 is 5.97 Å². The zero-order valence-corrected chi connectivity index (χ0v) is 12.9. The minimum absolute atomic E-state index is 0. The van der Waals surface area contributed by atoms with Crippen LogP contribution in [-0.2, 0) is 16.1 Å². The van der Waals surface area contributed by atoms with Crippen molar-refractivity contribution in [2.24, 2.45) is 5.73 Å². The van der Waals surface area contributed by atoms with Crippen molar-refractivity contribution in [3.8, 4) is 11.5 Å². The lowest BCUT2D eigenvalue weighted by Gasteiger charge is -2.13. The van der Waals surface area contributed by atoms with Crippen LogP contribution in [0, 0.1) is 0 Å². The van der Waals surface area contributed by atoms with E-state index in [0.717, 1.165) is 5.56 Å². The van der Waals surface area contributed by atoms with Crippen molar-refractivity contribution in [2.45, 2.75) is 12.6 Å². The predicted octanol–water partition coefficient (Wildman–Crippen LogP) is 2.57. The zero-order chi connectivity index (χ0) is 15.2. The number of benzene rings is 2. The van der Waals surface area contributed by atoms with Crippen LogP contribution >= 0.6 is 12.4 Å². The molecule has 0 spiro atoms. The summed E-state index contributed by atoms with van der Waals surface area (Å²) in [5.41, 5.74) is 7.01. The lowest BCUT2D eigenvalue weighted by Crippen LogP contribution is -2.22. The summed E-state index contributed by atoms with van der Waals surface area (Å²) in [6, 6.07) is 13.3. The van der Waals surface area contributed by atoms with Gasteiger partial charge in [-0.2, -0.15) is 0 Å². The fourth-order valence-corrected chi connectivity index (χ4v) is 1.87. The maximum absolute atomic E-state index is 11.4. The zero-order valence-electron chi connectivity index (χ0n) is 12.1. The van der Waals surface area contributed by atoms with Crippen molar-refractivity contribution >= 4 is 18.4 Å². The number of phenols is 1. The molecule has 5 nitrogen and oxygen atoms in total. The lowest BCUT2D eigenvalue weighted by molar-refractivity contribution is -0.142. The highest BCUT2D eigenvalue weighted by atomic mass is 35.5. The molecule has 6 heteroatoms. The van der Waals surface area contributed by atoms with Crippen molar-refractivity contribution in [1.29, 1.82) is 0 Å². The van der Waals surface area contributed by atoms with Crippen LogP contribution in [0.4, 0.5) is 0 Å². The van der Waals surface area contributed by atoms with E-state index in [0.29, 0.717) is 17.9 Å². The largest absolute Gasteiger partial charge is 0.507 e. The third-order valence-corrected chi connectivity index (χ3v) is 3.04. The second-order valence-electron chi connectivity index (χ2n) is 4.50. The van der Waals surface area contributed by atoms with Gasteiger partial charge < -0.3 is 20.3 Å². The van der Waals surface area contributed by atoms with Crippen LogP contribution in [0.2, 0.25) is 0 Å². The Kier molecular flexibility index (Phi) is 6.69. The highest BCUT2D eigenvalue weighted by Crippen LogP contribution is 2.28. The van der Waals surface area contributed by atoms with E-state index in [2.05, 4.69) is 4.74 Å². The maximum Gasteiger partial charge on any atom is 0.327 e. The number of carbonyl (C=O) groups is 1. The topological polar surface area (TPSA) is 81.8 Å². The van der Waals surface area contributed by atoms with Gasteiger partial charge in [-0.25, -0.2) is 0 Å². The molecule has 2 rings (SSSR count). The first-order valence-electron chi connectivity index (χ1n) is 6.45. The van der Waals surface area contributed by atoms with Gasteiger partial charge in [-0.05, 0) is 17.7 Å². The Morgan fingerprint density at radius 3 is 2.50 bits per heavy atom. The number of aromatic hydroxyl groups is 1. The molecule has 2 aromatic rings. The molecule has 0 aliphatic heterocycles. The van der Waals surface area contributed by atoms with E-state index in [1.807, 2.05) is 30.3 Å². The Morgan fingerprint density at radius 1 is 1.23 bits per heavy atom. The molecule has 0 amide bonds. The molecule has 0 saturated heterocycles. The SMILES string of the molecule is COC(=O)[C@H](N)c1ccc(OCc2ccccc2)cc1O.Cl. The van der Waals surface area contributed by atoms with E-state index in [4.69, 9.17) is 10.5 Å². The van der Waals surface area contributed by atoms with Crippen LogP contribution in [-0.4, -0.2) is 18.2 Å². The van der Waals surface area contributed by atoms with Crippen molar-refractivity contribution in [3.05, 3.63) is 59.7 Å². The van der Waals surface area contributed by atoms with Gasteiger partial charge in [0.1, 0.15) is 24.1 Å². The minimum atomic E-state index is -1.02. The second-order valence-corrected chi connectivity index (χ2v) is 4.50. The quantitative estimate of drug-likeness (QED) is 0.826. The molecule has 0 bridgehead atoms. The number of esters is 1. The summed E-state index contributed by atoms with van der Waals surface area (Å²) in [6.45, 7) is 0.392. The third-order valence-electron chi connectivity index (χ3n) is 3.04. The van der Waals surface area contributed by atoms with Gasteiger partial charge in [0.15, 0.2) is 0 Å². The molecule has 0 radical (unpaired) electrons. The summed E-state index contributed by atoms with van der Waals surface area (Å²) in [5, 5.41) is 9.94. The van der Waals surface area contributed by atoms with E-state index in [1.54, 1.807) is 12.1 Å². The summed E-state index contributed by atoms with van der Waals surface area (Å²) in [7, 11) is 1.25. The highest BCUT2D eigenvalue weighted by molar-refractivity contribution is 5.85. The molecule has 22 heavy (non-hydrogen) atoms. The number of carbonyl (C=O) groups excluding carboxylic acids is 1. The summed E-state index contributed by atoms with van der Waals surface area (Å²) in [6.07, 6.45) is 0. The molecular formula is C16H18ClNO4. The van der Waals surface area contributed by atoms with Gasteiger partial charge in [0.05, 0.1) is 7.11 Å². The molecule has 0 heterocycles. The van der Waals surface area contributed by atoms with Crippen LogP contribution < -0.4 is 10.5 Å². The number of rotatable bonds is 5. The van der Waals surface area contributed by atoms with E-state index in [9.17, 15) is 9.90 Å². The van der Waals surface area contributed by atoms with Crippen LogP contribution in [0.15, 0.2) is 48.5 Å². The van der Waals surface area contributed by atoms with Gasteiger partial charge in [-0.1, -0.05) is 30.3 Å². The summed E-state index contributed by atoms with van der Waals surface area (Å²) in [5.74, 6) is -0.209. The molecule has 0 fully saturated rings. The minimum Gasteiger partial charge on any atom is -0.507 e. The molecule has 0 aliphatic carbocycles. The molecule has 0 unspecified atom stereocenters. The van der Waals surface area contributed by atoms with Gasteiger partial charge in [-0.3, -0.25) is 4.79 Å². The molecule has 1 atom stereocenters. The van der Waals surface area contributed by atoms with Crippen molar-refractivity contribution in [3.63, 3.8) is 0 Å². The number of methoxy groups -OCH3 is 1. The molecule has 0 saturated carbocycles. The fourth-order valence-electron chi connectivity index (χ4n) is 1.87. The van der Waals surface area contributed by atoms with Gasteiger partial charge in [0.2, 0.25) is 0 Å². The van der Waals surface area contributed by atoms with E-state index in [-0.39, 0.29) is 18.2 Å². The number of nitrogens with two attached hydrogens (primary N) is 1. The number of phenolic OH excluding ortho intramolecular Hbond substituents is 1. The Balaban J connectivity index is 0.00000242. The van der Waals surface area contributed by atoms with E-state index in [1.165, 1.54) is 13.2 Å². The molecule has 118 valence electrons. The molecule has 2 aromatic carbocycles. The van der Waals surface area contributed by atoms with Gasteiger partial charge in [0, 0.05) is 11.6 Å². The highest BCUT2D eigenvalue weighted by Gasteiger charge is 2.20. The Bertz CT molecular complexity index is 619. The third kappa shape index (κ3) is 4.38. The first kappa shape index (κ1) is 17.8. The van der Waals surface area contributed by atoms with Crippen molar-refractivity contribution < 1.29 is 19.4 Å². The first-order valence-corrected chi connectivity index (χ1v) is 6.45.